The molecular weight excluding hydrogens is 324 g/mol. The Bertz CT molecular complexity index is 592. The van der Waals surface area contributed by atoms with Gasteiger partial charge in [-0.1, -0.05) is 5.21 Å². The van der Waals surface area contributed by atoms with Crippen LogP contribution in [0.5, 0.6) is 0 Å². The largest absolute Gasteiger partial charge is 0.403 e. The molecule has 0 atom stereocenters. The van der Waals surface area contributed by atoms with E-state index in [0.29, 0.717) is 38.3 Å². The van der Waals surface area contributed by atoms with E-state index in [1.807, 2.05) is 4.90 Å². The topological polar surface area (TPSA) is 162 Å². The summed E-state index contributed by atoms with van der Waals surface area (Å²) in [6.45, 7) is 1.88. The first kappa shape index (κ1) is 20.4. The molecule has 1 aromatic heterocycles. The summed E-state index contributed by atoms with van der Waals surface area (Å²) in [5, 5.41) is 11.0. The van der Waals surface area contributed by atoms with Crippen molar-refractivity contribution < 1.29 is 4.79 Å². The summed E-state index contributed by atoms with van der Waals surface area (Å²) in [6.07, 6.45) is 6.11. The number of hydrogen-bond acceptors (Lipinski definition) is 10. The fraction of sp³-hybridized carbons (Fsp3) is 0.500. The molecule has 0 aliphatic carbocycles. The molecular formula is C14H28N10O. The lowest BCUT2D eigenvalue weighted by molar-refractivity contribution is -0.108. The maximum Gasteiger partial charge on any atom is 0.121 e. The molecule has 0 aromatic carbocycles. The SMILES string of the molecule is CN(N)/C=C(\N)CN(C/C(=C/N)N(C)N)Cc1cn(CCC=O)nn1. The molecule has 1 heterocycles. The molecule has 0 unspecified atom stereocenters. The first-order valence-electron chi connectivity index (χ1n) is 7.73. The highest BCUT2D eigenvalue weighted by Crippen LogP contribution is 2.07. The molecule has 0 bridgehead atoms. The van der Waals surface area contributed by atoms with E-state index in [-0.39, 0.29) is 0 Å². The minimum atomic E-state index is 0.392. The molecule has 1 rings (SSSR count). The molecule has 140 valence electrons. The molecule has 11 nitrogen and oxygen atoms in total. The maximum absolute atomic E-state index is 10.5. The Balaban J connectivity index is 2.85. The predicted molar refractivity (Wildman–Crippen MR) is 94.4 cm³/mol. The van der Waals surface area contributed by atoms with Crippen molar-refractivity contribution in [3.63, 3.8) is 0 Å². The quantitative estimate of drug-likeness (QED) is 0.197. The standard InChI is InChI=1S/C14H28N10O/c1-21(17)7-12(16)8-23(11-14(6-15)22(2)18)9-13-10-24(20-19-13)4-3-5-25/h5-7,10H,3-4,8-9,11,15-18H2,1-2H3/b12-7-,14-6-. The van der Waals surface area contributed by atoms with Gasteiger partial charge in [-0.15, -0.1) is 5.10 Å². The molecule has 0 radical (unpaired) electrons. The predicted octanol–water partition coefficient (Wildman–Crippen LogP) is -2.12. The van der Waals surface area contributed by atoms with Gasteiger partial charge in [-0.05, 0) is 0 Å². The molecule has 0 saturated carbocycles. The van der Waals surface area contributed by atoms with Crippen molar-refractivity contribution in [1.82, 2.24) is 29.9 Å². The number of aldehydes is 1. The number of rotatable bonds is 11. The van der Waals surface area contributed by atoms with Crippen molar-refractivity contribution in [1.29, 1.82) is 0 Å². The lowest BCUT2D eigenvalue weighted by atomic mass is 10.3. The third-order valence-corrected chi connectivity index (χ3v) is 3.25. The van der Waals surface area contributed by atoms with Crippen molar-refractivity contribution in [2.24, 2.45) is 23.2 Å². The maximum atomic E-state index is 10.5. The van der Waals surface area contributed by atoms with Crippen LogP contribution in [0.15, 0.2) is 30.0 Å². The number of hydrogen-bond donors (Lipinski definition) is 4. The van der Waals surface area contributed by atoms with Gasteiger partial charge < -0.3 is 26.3 Å². The Hall–Kier alpha value is -2.63. The molecule has 1 aromatic rings. The molecule has 0 spiro atoms. The Morgan fingerprint density at radius 3 is 2.60 bits per heavy atom. The van der Waals surface area contributed by atoms with Crippen molar-refractivity contribution >= 4 is 6.29 Å². The van der Waals surface area contributed by atoms with Gasteiger partial charge in [-0.2, -0.15) is 0 Å². The van der Waals surface area contributed by atoms with Gasteiger partial charge >= 0.3 is 0 Å². The van der Waals surface area contributed by atoms with Crippen LogP contribution in [0.25, 0.3) is 0 Å². The van der Waals surface area contributed by atoms with E-state index in [0.717, 1.165) is 17.7 Å². The van der Waals surface area contributed by atoms with Gasteiger partial charge in [0.1, 0.15) is 6.29 Å². The highest BCUT2D eigenvalue weighted by molar-refractivity contribution is 5.48. The number of likely N-dealkylation sites (N-methyl/N-ethyl adjacent to an activating group) is 1. The first-order valence-corrected chi connectivity index (χ1v) is 7.73. The van der Waals surface area contributed by atoms with Gasteiger partial charge in [0.2, 0.25) is 0 Å². The lowest BCUT2D eigenvalue weighted by Crippen LogP contribution is -2.37. The molecule has 25 heavy (non-hydrogen) atoms. The number of hydrazine groups is 2. The minimum Gasteiger partial charge on any atom is -0.403 e. The van der Waals surface area contributed by atoms with Crippen LogP contribution in [0.1, 0.15) is 12.1 Å². The highest BCUT2D eigenvalue weighted by Gasteiger charge is 2.14. The van der Waals surface area contributed by atoms with Crippen molar-refractivity contribution in [2.75, 3.05) is 27.2 Å². The Labute approximate surface area is 147 Å². The summed E-state index contributed by atoms with van der Waals surface area (Å²) in [5.74, 6) is 11.4. The second kappa shape index (κ2) is 10.3. The van der Waals surface area contributed by atoms with Crippen LogP contribution in [0.2, 0.25) is 0 Å². The van der Waals surface area contributed by atoms with Crippen LogP contribution in [0.4, 0.5) is 0 Å². The summed E-state index contributed by atoms with van der Waals surface area (Å²) < 4.78 is 1.63. The molecule has 8 N–H and O–H groups in total. The Kier molecular flexibility index (Phi) is 8.39. The van der Waals surface area contributed by atoms with Crippen LogP contribution < -0.4 is 23.2 Å². The van der Waals surface area contributed by atoms with Gasteiger partial charge in [0.05, 0.1) is 11.4 Å². The number of aryl methyl sites for hydroxylation is 1. The summed E-state index contributed by atoms with van der Waals surface area (Å²) >= 11 is 0. The van der Waals surface area contributed by atoms with E-state index in [2.05, 4.69) is 10.3 Å². The molecule has 0 saturated heterocycles. The van der Waals surface area contributed by atoms with E-state index in [1.165, 1.54) is 16.2 Å². The van der Waals surface area contributed by atoms with E-state index < -0.39 is 0 Å². The average Bonchev–Trinajstić information content (AvgIpc) is 2.96. The summed E-state index contributed by atoms with van der Waals surface area (Å²) in [4.78, 5) is 12.5. The fourth-order valence-electron chi connectivity index (χ4n) is 2.17. The summed E-state index contributed by atoms with van der Waals surface area (Å²) in [7, 11) is 3.40. The highest BCUT2D eigenvalue weighted by atomic mass is 16.1. The van der Waals surface area contributed by atoms with Crippen LogP contribution >= 0.6 is 0 Å². The third-order valence-electron chi connectivity index (χ3n) is 3.25. The number of carbonyl (C=O) groups is 1. The number of carbonyl (C=O) groups excluding carboxylic acids is 1. The van der Waals surface area contributed by atoms with Crippen molar-refractivity contribution in [3.8, 4) is 0 Å². The molecule has 0 aliphatic heterocycles. The zero-order valence-corrected chi connectivity index (χ0v) is 14.7. The van der Waals surface area contributed by atoms with Crippen LogP contribution in [0.3, 0.4) is 0 Å². The number of nitrogens with zero attached hydrogens (tertiary/aromatic N) is 6. The van der Waals surface area contributed by atoms with Crippen LogP contribution in [-0.2, 0) is 17.9 Å². The third kappa shape index (κ3) is 7.65. The Morgan fingerprint density at radius 2 is 2.04 bits per heavy atom. The molecule has 0 fully saturated rings. The van der Waals surface area contributed by atoms with Gasteiger partial charge in [-0.3, -0.25) is 9.58 Å². The van der Waals surface area contributed by atoms with Crippen LogP contribution in [-0.4, -0.2) is 63.4 Å². The van der Waals surface area contributed by atoms with Crippen LogP contribution in [0, 0.1) is 0 Å². The molecule has 0 amide bonds. The number of aromatic nitrogens is 3. The first-order chi connectivity index (χ1) is 11.8. The van der Waals surface area contributed by atoms with E-state index in [9.17, 15) is 4.79 Å². The van der Waals surface area contributed by atoms with Gasteiger partial charge in [0, 0.05) is 71.0 Å². The fourth-order valence-corrected chi connectivity index (χ4v) is 2.17. The monoisotopic (exact) mass is 352 g/mol. The van der Waals surface area contributed by atoms with Gasteiger partial charge in [0.25, 0.3) is 0 Å². The van der Waals surface area contributed by atoms with Gasteiger partial charge in [-0.25, -0.2) is 11.7 Å². The van der Waals surface area contributed by atoms with Crippen molar-refractivity contribution in [3.05, 3.63) is 35.7 Å². The van der Waals surface area contributed by atoms with E-state index in [1.54, 1.807) is 31.2 Å². The molecule has 11 heteroatoms. The lowest BCUT2D eigenvalue weighted by Gasteiger charge is -2.26. The summed E-state index contributed by atoms with van der Waals surface area (Å²) in [5.41, 5.74) is 13.7. The van der Waals surface area contributed by atoms with Crippen molar-refractivity contribution in [2.45, 2.75) is 19.5 Å². The zero-order chi connectivity index (χ0) is 18.8. The second-order valence-corrected chi connectivity index (χ2v) is 5.71. The smallest absolute Gasteiger partial charge is 0.121 e. The van der Waals surface area contributed by atoms with E-state index >= 15 is 0 Å². The average molecular weight is 352 g/mol. The normalized spacial score (nSPS) is 12.5. The van der Waals surface area contributed by atoms with Gasteiger partial charge in [0.15, 0.2) is 0 Å². The number of nitrogens with two attached hydrogens (primary N) is 4. The zero-order valence-electron chi connectivity index (χ0n) is 14.7. The Morgan fingerprint density at radius 1 is 1.32 bits per heavy atom. The van der Waals surface area contributed by atoms with E-state index in [4.69, 9.17) is 23.2 Å². The molecule has 0 aliphatic rings. The second-order valence-electron chi connectivity index (χ2n) is 5.71. The summed E-state index contributed by atoms with van der Waals surface area (Å²) in [6, 6.07) is 0. The minimum absolute atomic E-state index is 0.392.